The molecular formula is C7H5FN2OS. The number of rotatable bonds is 1. The van der Waals surface area contributed by atoms with E-state index in [9.17, 15) is 8.68 Å². The molecule has 0 aromatic carbocycles. The van der Waals surface area contributed by atoms with E-state index in [-0.39, 0.29) is 24.7 Å². The van der Waals surface area contributed by atoms with Crippen molar-refractivity contribution in [3.63, 3.8) is 0 Å². The number of pyridine rings is 1. The van der Waals surface area contributed by atoms with E-state index < -0.39 is 0 Å². The number of fused-ring (bicyclic) bond motifs is 1. The maximum absolute atomic E-state index is 12.2. The largest absolute Gasteiger partial charge is 0.273 e. The Labute approximate surface area is 73.0 Å². The van der Waals surface area contributed by atoms with E-state index >= 15 is 0 Å². The van der Waals surface area contributed by atoms with Crippen molar-refractivity contribution in [1.82, 2.24) is 4.98 Å². The van der Waals surface area contributed by atoms with Crippen LogP contribution in [0.15, 0.2) is 18.3 Å². The van der Waals surface area contributed by atoms with Gasteiger partial charge >= 0.3 is 0 Å². The summed E-state index contributed by atoms with van der Waals surface area (Å²) in [6, 6.07) is 3.51. The summed E-state index contributed by atoms with van der Waals surface area (Å²) < 4.78 is 13.2. The van der Waals surface area contributed by atoms with Gasteiger partial charge < -0.3 is 0 Å². The summed E-state index contributed by atoms with van der Waals surface area (Å²) in [6.45, 7) is 0. The second-order valence-electron chi connectivity index (χ2n) is 2.42. The van der Waals surface area contributed by atoms with E-state index in [4.69, 9.17) is 0 Å². The third kappa shape index (κ3) is 0.972. The van der Waals surface area contributed by atoms with Gasteiger partial charge in [-0.15, -0.1) is 3.89 Å². The Hall–Kier alpha value is -1.10. The molecule has 1 aromatic rings. The minimum Gasteiger partial charge on any atom is -0.273 e. The van der Waals surface area contributed by atoms with Gasteiger partial charge in [0.25, 0.3) is 0 Å². The Morgan fingerprint density at radius 1 is 1.67 bits per heavy atom. The van der Waals surface area contributed by atoms with E-state index in [1.54, 1.807) is 18.3 Å². The topological polar surface area (TPSA) is 33.2 Å². The lowest BCUT2D eigenvalue weighted by molar-refractivity contribution is -0.116. The van der Waals surface area contributed by atoms with Gasteiger partial charge in [0.2, 0.25) is 5.91 Å². The lowest BCUT2D eigenvalue weighted by Crippen LogP contribution is -2.17. The number of aromatic nitrogens is 1. The molecule has 0 aliphatic carbocycles. The minimum absolute atomic E-state index is 0.0955. The molecule has 0 unspecified atom stereocenters. The van der Waals surface area contributed by atoms with Crippen LogP contribution in [0.1, 0.15) is 5.56 Å². The second kappa shape index (κ2) is 2.75. The molecule has 1 aliphatic rings. The first-order valence-electron chi connectivity index (χ1n) is 3.38. The third-order valence-electron chi connectivity index (χ3n) is 1.70. The van der Waals surface area contributed by atoms with E-state index in [1.165, 1.54) is 0 Å². The molecule has 12 heavy (non-hydrogen) atoms. The van der Waals surface area contributed by atoms with Gasteiger partial charge in [0.1, 0.15) is 0 Å². The van der Waals surface area contributed by atoms with E-state index in [0.717, 1.165) is 9.87 Å². The highest BCUT2D eigenvalue weighted by Gasteiger charge is 2.29. The molecule has 62 valence electrons. The number of halogens is 1. The fraction of sp³-hybridized carbons (Fsp3) is 0.143. The Morgan fingerprint density at radius 2 is 2.50 bits per heavy atom. The van der Waals surface area contributed by atoms with Crippen molar-refractivity contribution in [2.24, 2.45) is 0 Å². The first-order chi connectivity index (χ1) is 5.83. The van der Waals surface area contributed by atoms with Crippen molar-refractivity contribution in [3.05, 3.63) is 23.9 Å². The molecule has 2 rings (SSSR count). The zero-order valence-electron chi connectivity index (χ0n) is 6.03. The second-order valence-corrected chi connectivity index (χ2v) is 2.92. The number of anilines is 1. The molecule has 5 heteroatoms. The van der Waals surface area contributed by atoms with Crippen LogP contribution in [-0.2, 0) is 11.2 Å². The number of hydrogen-bond donors (Lipinski definition) is 0. The Balaban J connectivity index is 2.47. The summed E-state index contributed by atoms with van der Waals surface area (Å²) >= 11 is -0.0955. The monoisotopic (exact) mass is 184 g/mol. The molecular weight excluding hydrogens is 179 g/mol. The molecule has 0 atom stereocenters. The first kappa shape index (κ1) is 7.54. The van der Waals surface area contributed by atoms with Crippen LogP contribution in [0.25, 0.3) is 0 Å². The van der Waals surface area contributed by atoms with Crippen LogP contribution >= 0.6 is 12.3 Å². The van der Waals surface area contributed by atoms with Crippen LogP contribution < -0.4 is 4.31 Å². The van der Waals surface area contributed by atoms with Gasteiger partial charge in [-0.3, -0.25) is 4.79 Å². The summed E-state index contributed by atoms with van der Waals surface area (Å²) in [5.41, 5.74) is 0.785. The fourth-order valence-electron chi connectivity index (χ4n) is 1.18. The summed E-state index contributed by atoms with van der Waals surface area (Å²) in [6.07, 6.45) is 1.79. The SMILES string of the molecule is O=C1Cc2cccnc2N1SF. The van der Waals surface area contributed by atoms with E-state index in [0.29, 0.717) is 5.82 Å². The number of carbonyl (C=O) groups excluding carboxylic acids is 1. The van der Waals surface area contributed by atoms with E-state index in [1.807, 2.05) is 0 Å². The molecule has 2 heterocycles. The predicted octanol–water partition coefficient (Wildman–Crippen LogP) is 1.50. The summed E-state index contributed by atoms with van der Waals surface area (Å²) in [4.78, 5) is 15.0. The van der Waals surface area contributed by atoms with Crippen molar-refractivity contribution >= 4 is 24.1 Å². The van der Waals surface area contributed by atoms with Crippen molar-refractivity contribution in [2.75, 3.05) is 4.31 Å². The maximum Gasteiger partial charge on any atom is 0.244 e. The van der Waals surface area contributed by atoms with Gasteiger partial charge in [0.05, 0.1) is 6.42 Å². The lowest BCUT2D eigenvalue weighted by Gasteiger charge is -2.06. The average Bonchev–Trinajstić information content (AvgIpc) is 2.40. The highest BCUT2D eigenvalue weighted by molar-refractivity contribution is 7.96. The smallest absolute Gasteiger partial charge is 0.244 e. The Kier molecular flexibility index (Phi) is 1.73. The zero-order valence-corrected chi connectivity index (χ0v) is 6.84. The Morgan fingerprint density at radius 3 is 3.25 bits per heavy atom. The molecule has 0 fully saturated rings. The number of hydrogen-bond acceptors (Lipinski definition) is 3. The molecule has 0 radical (unpaired) electrons. The van der Waals surface area contributed by atoms with Crippen LogP contribution in [0.3, 0.4) is 0 Å². The molecule has 0 saturated carbocycles. The van der Waals surface area contributed by atoms with Crippen LogP contribution in [0.4, 0.5) is 9.70 Å². The highest BCUT2D eigenvalue weighted by atomic mass is 32.2. The van der Waals surface area contributed by atoms with Crippen molar-refractivity contribution in [1.29, 1.82) is 0 Å². The fourth-order valence-corrected chi connectivity index (χ4v) is 1.55. The van der Waals surface area contributed by atoms with Crippen molar-refractivity contribution < 1.29 is 8.68 Å². The minimum atomic E-state index is -0.254. The molecule has 0 spiro atoms. The number of nitrogens with zero attached hydrogens (tertiary/aromatic N) is 2. The van der Waals surface area contributed by atoms with Gasteiger partial charge in [-0.25, -0.2) is 9.29 Å². The molecule has 0 saturated heterocycles. The van der Waals surface area contributed by atoms with Gasteiger partial charge in [-0.2, -0.15) is 0 Å². The maximum atomic E-state index is 12.2. The van der Waals surface area contributed by atoms with Crippen LogP contribution in [0, 0.1) is 0 Å². The van der Waals surface area contributed by atoms with E-state index in [2.05, 4.69) is 4.98 Å². The molecule has 0 bridgehead atoms. The quantitative estimate of drug-likeness (QED) is 0.620. The van der Waals surface area contributed by atoms with Gasteiger partial charge in [-0.1, -0.05) is 6.07 Å². The van der Waals surface area contributed by atoms with Gasteiger partial charge in [0, 0.05) is 11.8 Å². The van der Waals surface area contributed by atoms with Crippen molar-refractivity contribution in [3.8, 4) is 0 Å². The number of carbonyl (C=O) groups is 1. The third-order valence-corrected chi connectivity index (χ3v) is 2.21. The molecule has 3 nitrogen and oxygen atoms in total. The average molecular weight is 184 g/mol. The summed E-state index contributed by atoms with van der Waals surface area (Å²) in [7, 11) is 0. The molecule has 1 aromatic heterocycles. The standard InChI is InChI=1S/C7H5FN2OS/c8-12-10-6(11)4-5-2-1-3-9-7(5)10/h1-3H,4H2. The number of amides is 1. The molecule has 1 amide bonds. The summed E-state index contributed by atoms with van der Waals surface area (Å²) in [5, 5.41) is 0. The zero-order chi connectivity index (χ0) is 8.55. The van der Waals surface area contributed by atoms with Crippen LogP contribution in [-0.4, -0.2) is 10.9 Å². The van der Waals surface area contributed by atoms with Crippen molar-refractivity contribution in [2.45, 2.75) is 6.42 Å². The molecule has 1 aliphatic heterocycles. The lowest BCUT2D eigenvalue weighted by atomic mass is 10.2. The Bertz CT molecular complexity index is 331. The van der Waals surface area contributed by atoms with Gasteiger partial charge in [0.15, 0.2) is 18.2 Å². The molecule has 0 N–H and O–H groups in total. The predicted molar refractivity (Wildman–Crippen MR) is 44.1 cm³/mol. The highest BCUT2D eigenvalue weighted by Crippen LogP contribution is 2.31. The summed E-state index contributed by atoms with van der Waals surface area (Å²) in [5.74, 6) is 0.172. The van der Waals surface area contributed by atoms with Crippen LogP contribution in [0.2, 0.25) is 0 Å². The van der Waals surface area contributed by atoms with Crippen LogP contribution in [0.5, 0.6) is 0 Å². The normalized spacial score (nSPS) is 15.1. The van der Waals surface area contributed by atoms with Gasteiger partial charge in [-0.05, 0) is 6.07 Å². The first-order valence-corrected chi connectivity index (χ1v) is 4.06.